The summed E-state index contributed by atoms with van der Waals surface area (Å²) in [6.07, 6.45) is -4.26. The van der Waals surface area contributed by atoms with Gasteiger partial charge in [0.2, 0.25) is 5.88 Å². The number of rotatable bonds is 15. The van der Waals surface area contributed by atoms with Crippen LogP contribution in [0.2, 0.25) is 0 Å². The molecule has 1 unspecified atom stereocenters. The molecular weight excluding hydrogens is 754 g/mol. The SMILES string of the molecule is COc1ccc(CN(Cc2ccc(OC)cc2OC)S(=O)c2cccc(NC(=O)c3c(Oc4ccc(C#N)cc4OC)ncc(C(F)(F)F)c3C)c2)c(OC)c1. The summed E-state index contributed by atoms with van der Waals surface area (Å²) in [5.41, 5.74) is -0.335. The molecule has 1 heterocycles. The molecule has 0 spiro atoms. The molecule has 1 N–H and O–H groups in total. The predicted molar refractivity (Wildman–Crippen MR) is 201 cm³/mol. The fourth-order valence-electron chi connectivity index (χ4n) is 5.68. The van der Waals surface area contributed by atoms with Crippen molar-refractivity contribution in [2.75, 3.05) is 40.9 Å². The number of hydrogen-bond acceptors (Lipinski definition) is 10. The normalized spacial score (nSPS) is 11.7. The highest BCUT2D eigenvalue weighted by atomic mass is 32.2. The number of alkyl halides is 3. The maximum Gasteiger partial charge on any atom is 0.418 e. The number of anilines is 1. The van der Waals surface area contributed by atoms with E-state index in [0.29, 0.717) is 40.3 Å². The number of carbonyl (C=O) groups is 1. The molecule has 0 aliphatic heterocycles. The molecule has 1 aromatic heterocycles. The minimum Gasteiger partial charge on any atom is -0.497 e. The Morgan fingerprint density at radius 2 is 1.41 bits per heavy atom. The van der Waals surface area contributed by atoms with E-state index in [1.165, 1.54) is 65.9 Å². The van der Waals surface area contributed by atoms with Crippen molar-refractivity contribution in [3.8, 4) is 46.4 Å². The summed E-state index contributed by atoms with van der Waals surface area (Å²) in [6.45, 7) is 1.38. The summed E-state index contributed by atoms with van der Waals surface area (Å²) in [6, 6.07) is 22.7. The molecule has 1 atom stereocenters. The standard InChI is InChI=1S/C40H37F3N4O8S/c1-24-32(40(41,42)43)21-45-39(55-33-15-10-25(20-44)16-36(33)54-6)37(24)38(48)46-28-8-7-9-31(17-28)56(49)47(22-26-11-13-29(50-2)18-34(26)52-4)23-27-12-14-30(51-3)19-35(27)53-5/h7-19,21H,22-23H2,1-6H3,(H,46,48). The van der Waals surface area contributed by atoms with Gasteiger partial charge in [0.15, 0.2) is 11.5 Å². The van der Waals surface area contributed by atoms with Gasteiger partial charge in [0.05, 0.1) is 57.6 Å². The van der Waals surface area contributed by atoms with E-state index in [1.807, 2.05) is 6.07 Å². The topological polar surface area (TPSA) is 141 Å². The zero-order chi connectivity index (χ0) is 40.6. The number of halogens is 3. The Bertz CT molecular complexity index is 2240. The third-order valence-corrected chi connectivity index (χ3v) is 9.93. The first kappa shape index (κ1) is 40.9. The van der Waals surface area contributed by atoms with Crippen LogP contribution in [0.25, 0.3) is 0 Å². The average molecular weight is 791 g/mol. The lowest BCUT2D eigenvalue weighted by molar-refractivity contribution is -0.138. The molecule has 0 fully saturated rings. The van der Waals surface area contributed by atoms with E-state index in [9.17, 15) is 27.4 Å². The molecule has 0 saturated carbocycles. The Kier molecular flexibility index (Phi) is 13.1. The van der Waals surface area contributed by atoms with Gasteiger partial charge in [0, 0.05) is 54.3 Å². The van der Waals surface area contributed by atoms with Crippen molar-refractivity contribution in [1.29, 1.82) is 5.26 Å². The lowest BCUT2D eigenvalue weighted by Gasteiger charge is -2.24. The van der Waals surface area contributed by atoms with Crippen LogP contribution >= 0.6 is 0 Å². The van der Waals surface area contributed by atoms with Crippen molar-refractivity contribution < 1.29 is 50.6 Å². The van der Waals surface area contributed by atoms with Crippen LogP contribution in [0, 0.1) is 18.3 Å². The Morgan fingerprint density at radius 1 is 0.804 bits per heavy atom. The van der Waals surface area contributed by atoms with E-state index in [-0.39, 0.29) is 40.7 Å². The number of nitrogens with one attached hydrogen (secondary N) is 1. The van der Waals surface area contributed by atoms with E-state index in [0.717, 1.165) is 6.92 Å². The van der Waals surface area contributed by atoms with Gasteiger partial charge in [0.1, 0.15) is 39.5 Å². The second kappa shape index (κ2) is 17.9. The van der Waals surface area contributed by atoms with Crippen molar-refractivity contribution in [1.82, 2.24) is 9.29 Å². The van der Waals surface area contributed by atoms with Crippen LogP contribution in [-0.4, -0.2) is 55.0 Å². The maximum atomic E-state index is 14.5. The quantitative estimate of drug-likeness (QED) is 0.111. The van der Waals surface area contributed by atoms with Gasteiger partial charge in [-0.2, -0.15) is 18.4 Å². The van der Waals surface area contributed by atoms with E-state index in [1.54, 1.807) is 52.8 Å². The number of pyridine rings is 1. The van der Waals surface area contributed by atoms with Crippen LogP contribution in [0.3, 0.4) is 0 Å². The molecule has 0 aliphatic carbocycles. The first-order valence-corrected chi connectivity index (χ1v) is 17.8. The minimum atomic E-state index is -4.84. The number of methoxy groups -OCH3 is 5. The van der Waals surface area contributed by atoms with Gasteiger partial charge in [-0.05, 0) is 55.0 Å². The van der Waals surface area contributed by atoms with Crippen molar-refractivity contribution in [2.45, 2.75) is 31.1 Å². The molecule has 0 saturated heterocycles. The van der Waals surface area contributed by atoms with Gasteiger partial charge in [-0.3, -0.25) is 4.79 Å². The molecule has 5 rings (SSSR count). The molecule has 0 aliphatic rings. The maximum absolute atomic E-state index is 14.5. The molecule has 292 valence electrons. The van der Waals surface area contributed by atoms with Crippen LogP contribution in [-0.2, 0) is 30.3 Å². The van der Waals surface area contributed by atoms with Gasteiger partial charge in [-0.15, -0.1) is 0 Å². The van der Waals surface area contributed by atoms with Gasteiger partial charge >= 0.3 is 6.18 Å². The van der Waals surface area contributed by atoms with Gasteiger partial charge in [-0.25, -0.2) is 13.5 Å². The summed E-state index contributed by atoms with van der Waals surface area (Å²) in [5, 5.41) is 11.9. The third kappa shape index (κ3) is 9.31. The number of nitrogens with zero attached hydrogens (tertiary/aromatic N) is 3. The summed E-state index contributed by atoms with van der Waals surface area (Å²) < 4.78 is 91.4. The highest BCUT2D eigenvalue weighted by molar-refractivity contribution is 7.82. The van der Waals surface area contributed by atoms with Crippen molar-refractivity contribution >= 4 is 22.6 Å². The Hall–Kier alpha value is -6.31. The number of nitriles is 1. The molecule has 56 heavy (non-hydrogen) atoms. The molecule has 0 bridgehead atoms. The Balaban J connectivity index is 1.51. The van der Waals surface area contributed by atoms with E-state index >= 15 is 0 Å². The van der Waals surface area contributed by atoms with Crippen LogP contribution < -0.4 is 33.7 Å². The summed E-state index contributed by atoms with van der Waals surface area (Å²) in [7, 11) is 5.51. The molecule has 5 aromatic rings. The largest absolute Gasteiger partial charge is 0.497 e. The van der Waals surface area contributed by atoms with Crippen molar-refractivity contribution in [3.63, 3.8) is 0 Å². The molecular formula is C40H37F3N4O8S. The Labute approximate surface area is 323 Å². The number of carbonyl (C=O) groups excluding carboxylic acids is 1. The first-order chi connectivity index (χ1) is 26.8. The second-order valence-electron chi connectivity index (χ2n) is 11.9. The number of hydrogen-bond donors (Lipinski definition) is 1. The zero-order valence-corrected chi connectivity index (χ0v) is 32.0. The van der Waals surface area contributed by atoms with Crippen molar-refractivity contribution in [3.05, 3.63) is 118 Å². The third-order valence-electron chi connectivity index (χ3n) is 8.55. The molecule has 12 nitrogen and oxygen atoms in total. The molecule has 0 radical (unpaired) electrons. The zero-order valence-electron chi connectivity index (χ0n) is 31.1. The van der Waals surface area contributed by atoms with E-state index in [2.05, 4.69) is 10.3 Å². The van der Waals surface area contributed by atoms with Gasteiger partial charge < -0.3 is 33.7 Å². The lowest BCUT2D eigenvalue weighted by Crippen LogP contribution is -2.26. The number of amides is 1. The number of ether oxygens (including phenoxy) is 6. The fraction of sp³-hybridized carbons (Fsp3) is 0.225. The van der Waals surface area contributed by atoms with E-state index < -0.39 is 45.6 Å². The second-order valence-corrected chi connectivity index (χ2v) is 13.4. The van der Waals surface area contributed by atoms with Crippen LogP contribution in [0.5, 0.6) is 40.4 Å². The Morgan fingerprint density at radius 3 is 1.95 bits per heavy atom. The lowest BCUT2D eigenvalue weighted by atomic mass is 10.0. The molecule has 4 aromatic carbocycles. The molecule has 16 heteroatoms. The summed E-state index contributed by atoms with van der Waals surface area (Å²) in [4.78, 5) is 18.0. The summed E-state index contributed by atoms with van der Waals surface area (Å²) >= 11 is 0. The predicted octanol–water partition coefficient (Wildman–Crippen LogP) is 8.09. The van der Waals surface area contributed by atoms with Gasteiger partial charge in [-0.1, -0.05) is 18.2 Å². The monoisotopic (exact) mass is 790 g/mol. The van der Waals surface area contributed by atoms with Gasteiger partial charge in [0.25, 0.3) is 5.91 Å². The highest BCUT2D eigenvalue weighted by Gasteiger charge is 2.36. The summed E-state index contributed by atoms with van der Waals surface area (Å²) in [5.74, 6) is 0.800. The van der Waals surface area contributed by atoms with Crippen molar-refractivity contribution in [2.24, 2.45) is 0 Å². The number of aromatic nitrogens is 1. The van der Waals surface area contributed by atoms with Crippen LogP contribution in [0.15, 0.2) is 90.0 Å². The fourth-order valence-corrected chi connectivity index (χ4v) is 6.91. The number of benzene rings is 4. The van der Waals surface area contributed by atoms with Crippen LogP contribution in [0.1, 0.15) is 38.2 Å². The smallest absolute Gasteiger partial charge is 0.418 e. The van der Waals surface area contributed by atoms with E-state index in [4.69, 9.17) is 28.4 Å². The molecule has 1 amide bonds. The average Bonchev–Trinajstić information content (AvgIpc) is 3.20. The minimum absolute atomic E-state index is 0.00618. The van der Waals surface area contributed by atoms with Crippen LogP contribution in [0.4, 0.5) is 18.9 Å². The first-order valence-electron chi connectivity index (χ1n) is 16.7. The highest BCUT2D eigenvalue weighted by Crippen LogP contribution is 2.39.